The van der Waals surface area contributed by atoms with Gasteiger partial charge in [0.15, 0.2) is 0 Å². The number of ether oxygens (including phenoxy) is 2. The van der Waals surface area contributed by atoms with E-state index in [4.69, 9.17) is 21.1 Å². The molecule has 8 heteroatoms. The number of hydrogen-bond acceptors (Lipinski definition) is 5. The van der Waals surface area contributed by atoms with Crippen molar-refractivity contribution in [2.24, 2.45) is 11.8 Å². The molecule has 0 radical (unpaired) electrons. The number of carbonyl (C=O) groups is 3. The third-order valence-corrected chi connectivity index (χ3v) is 6.80. The number of imide groups is 1. The molecule has 0 bridgehead atoms. The lowest BCUT2D eigenvalue weighted by atomic mass is 9.77. The lowest BCUT2D eigenvalue weighted by molar-refractivity contribution is -0.154. The van der Waals surface area contributed by atoms with Gasteiger partial charge in [-0.1, -0.05) is 29.8 Å². The summed E-state index contributed by atoms with van der Waals surface area (Å²) in [4.78, 5) is 43.2. The molecule has 2 fully saturated rings. The van der Waals surface area contributed by atoms with Crippen molar-refractivity contribution in [3.8, 4) is 5.75 Å². The Morgan fingerprint density at radius 3 is 2.61 bits per heavy atom. The Kier molecular flexibility index (Phi) is 4.48. The fourth-order valence-corrected chi connectivity index (χ4v) is 5.38. The van der Waals surface area contributed by atoms with Crippen LogP contribution in [0.5, 0.6) is 5.75 Å². The molecule has 5 rings (SSSR count). The molecule has 0 unspecified atom stereocenters. The number of urea groups is 1. The molecule has 0 aliphatic carbocycles. The third kappa shape index (κ3) is 2.62. The van der Waals surface area contributed by atoms with E-state index >= 15 is 0 Å². The number of nitrogens with zero attached hydrogens (tertiary/aromatic N) is 2. The molecule has 0 N–H and O–H groups in total. The van der Waals surface area contributed by atoms with Gasteiger partial charge in [-0.05, 0) is 44.2 Å². The van der Waals surface area contributed by atoms with Crippen molar-refractivity contribution in [3.05, 3.63) is 59.1 Å². The van der Waals surface area contributed by atoms with E-state index in [0.717, 1.165) is 10.5 Å². The molecular formula is C23H21ClN2O5. The molecule has 160 valence electrons. The van der Waals surface area contributed by atoms with Crippen molar-refractivity contribution >= 4 is 35.2 Å². The van der Waals surface area contributed by atoms with Crippen LogP contribution in [0.1, 0.15) is 25.5 Å². The third-order valence-electron chi connectivity index (χ3n) is 6.55. The number of hydrogen-bond donors (Lipinski definition) is 0. The fourth-order valence-electron chi connectivity index (χ4n) is 5.26. The van der Waals surface area contributed by atoms with E-state index in [1.807, 2.05) is 24.3 Å². The molecule has 2 aromatic rings. The molecule has 31 heavy (non-hydrogen) atoms. The van der Waals surface area contributed by atoms with Gasteiger partial charge in [0, 0.05) is 16.5 Å². The van der Waals surface area contributed by atoms with E-state index < -0.39 is 35.4 Å². The Morgan fingerprint density at radius 1 is 1.19 bits per heavy atom. The summed E-state index contributed by atoms with van der Waals surface area (Å²) in [6.07, 6.45) is 0. The zero-order valence-corrected chi connectivity index (χ0v) is 17.8. The van der Waals surface area contributed by atoms with Crippen molar-refractivity contribution in [1.82, 2.24) is 4.90 Å². The van der Waals surface area contributed by atoms with E-state index in [2.05, 4.69) is 0 Å². The van der Waals surface area contributed by atoms with Crippen LogP contribution in [-0.4, -0.2) is 41.6 Å². The molecule has 7 nitrogen and oxygen atoms in total. The molecule has 4 atom stereocenters. The summed E-state index contributed by atoms with van der Waals surface area (Å²) in [6, 6.07) is 13.0. The molecule has 3 aliphatic heterocycles. The Morgan fingerprint density at radius 2 is 1.90 bits per heavy atom. The molecule has 0 aromatic heterocycles. The summed E-state index contributed by atoms with van der Waals surface area (Å²) in [5, 5.41) is 0.498. The van der Waals surface area contributed by atoms with Gasteiger partial charge in [-0.2, -0.15) is 0 Å². The highest BCUT2D eigenvalue weighted by Crippen LogP contribution is 2.58. The van der Waals surface area contributed by atoms with Gasteiger partial charge < -0.3 is 14.4 Å². The minimum atomic E-state index is -1.39. The number of esters is 1. The highest BCUT2D eigenvalue weighted by molar-refractivity contribution is 6.31. The zero-order chi connectivity index (χ0) is 21.9. The fraction of sp³-hybridized carbons (Fsp3) is 0.348. The van der Waals surface area contributed by atoms with Crippen molar-refractivity contribution in [2.75, 3.05) is 18.1 Å². The topological polar surface area (TPSA) is 76.2 Å². The van der Waals surface area contributed by atoms with Gasteiger partial charge in [0.25, 0.3) is 5.91 Å². The molecule has 2 aromatic carbocycles. The van der Waals surface area contributed by atoms with Crippen LogP contribution in [0.15, 0.2) is 48.5 Å². The van der Waals surface area contributed by atoms with Gasteiger partial charge in [0.2, 0.25) is 0 Å². The number of fused-ring (bicyclic) bond motifs is 5. The maximum atomic E-state index is 13.8. The maximum absolute atomic E-state index is 13.8. The quantitative estimate of drug-likeness (QED) is 0.536. The van der Waals surface area contributed by atoms with Gasteiger partial charge >= 0.3 is 12.0 Å². The lowest BCUT2D eigenvalue weighted by Gasteiger charge is -2.34. The van der Waals surface area contributed by atoms with E-state index in [0.29, 0.717) is 16.5 Å². The molecule has 3 amide bonds. The number of rotatable bonds is 3. The number of halogens is 1. The second kappa shape index (κ2) is 6.99. The summed E-state index contributed by atoms with van der Waals surface area (Å²) in [6.45, 7) is 3.78. The highest BCUT2D eigenvalue weighted by Gasteiger charge is 2.72. The van der Waals surface area contributed by atoms with Crippen LogP contribution in [0.2, 0.25) is 5.02 Å². The maximum Gasteiger partial charge on any atom is 0.332 e. The Bertz CT molecular complexity index is 1090. The average molecular weight is 441 g/mol. The van der Waals surface area contributed by atoms with Gasteiger partial charge in [-0.3, -0.25) is 9.59 Å². The minimum absolute atomic E-state index is 0.184. The predicted molar refractivity (Wildman–Crippen MR) is 113 cm³/mol. The number of amides is 3. The number of anilines is 1. The summed E-state index contributed by atoms with van der Waals surface area (Å²) in [5.41, 5.74) is -0.190. The first-order valence-electron chi connectivity index (χ1n) is 10.2. The van der Waals surface area contributed by atoms with E-state index in [1.54, 1.807) is 43.0 Å². The van der Waals surface area contributed by atoms with Gasteiger partial charge in [-0.25, -0.2) is 9.69 Å². The van der Waals surface area contributed by atoms with Crippen LogP contribution >= 0.6 is 11.6 Å². The number of para-hydroxylation sites is 1. The van der Waals surface area contributed by atoms with E-state index in [-0.39, 0.29) is 19.1 Å². The van der Waals surface area contributed by atoms with Crippen LogP contribution in [0.25, 0.3) is 0 Å². The standard InChI is InChI=1S/C23H21ClN2O5/c1-3-30-20(27)18-16-12-31-17-7-5-4-6-15(17)19(16)26-22(29)25(21(28)23(18,26)2)14-10-8-13(24)9-11-14/h4-11,16,18-19H,3,12H2,1-2H3/t16-,18+,19-,23-/m1/s1. The summed E-state index contributed by atoms with van der Waals surface area (Å²) in [5.74, 6) is -1.53. The van der Waals surface area contributed by atoms with Crippen molar-refractivity contribution in [1.29, 1.82) is 0 Å². The number of benzene rings is 2. The van der Waals surface area contributed by atoms with Gasteiger partial charge in [0.1, 0.15) is 11.3 Å². The minimum Gasteiger partial charge on any atom is -0.493 e. The SMILES string of the molecule is CCOC(=O)[C@@H]1[C@H]2COc3ccccc3[C@H]2N2C(=O)N(c3ccc(Cl)cc3)C(=O)[C@@]12C. The molecule has 2 saturated heterocycles. The van der Waals surface area contributed by atoms with E-state index in [9.17, 15) is 14.4 Å². The first-order chi connectivity index (χ1) is 14.9. The van der Waals surface area contributed by atoms with Gasteiger partial charge in [-0.15, -0.1) is 0 Å². The van der Waals surface area contributed by atoms with Crippen molar-refractivity contribution < 1.29 is 23.9 Å². The average Bonchev–Trinajstić information content (AvgIpc) is 3.14. The highest BCUT2D eigenvalue weighted by atomic mass is 35.5. The van der Waals surface area contributed by atoms with Crippen LogP contribution in [-0.2, 0) is 14.3 Å². The van der Waals surface area contributed by atoms with Gasteiger partial charge in [0.05, 0.1) is 30.9 Å². The summed E-state index contributed by atoms with van der Waals surface area (Å²) in [7, 11) is 0. The molecule has 3 heterocycles. The van der Waals surface area contributed by atoms with Crippen LogP contribution < -0.4 is 9.64 Å². The predicted octanol–water partition coefficient (Wildman–Crippen LogP) is 3.81. The first kappa shape index (κ1) is 19.9. The van der Waals surface area contributed by atoms with Crippen LogP contribution in [0.4, 0.5) is 10.5 Å². The Labute approximate surface area is 184 Å². The van der Waals surface area contributed by atoms with Crippen LogP contribution in [0, 0.1) is 11.8 Å². The summed E-state index contributed by atoms with van der Waals surface area (Å²) >= 11 is 5.99. The smallest absolute Gasteiger partial charge is 0.332 e. The first-order valence-corrected chi connectivity index (χ1v) is 10.6. The second-order valence-electron chi connectivity index (χ2n) is 8.10. The Hall–Kier alpha value is -3.06. The van der Waals surface area contributed by atoms with E-state index in [1.165, 1.54) is 0 Å². The second-order valence-corrected chi connectivity index (χ2v) is 8.54. The normalized spacial score (nSPS) is 28.7. The Balaban J connectivity index is 1.67. The van der Waals surface area contributed by atoms with Crippen molar-refractivity contribution in [2.45, 2.75) is 25.4 Å². The van der Waals surface area contributed by atoms with Crippen molar-refractivity contribution in [3.63, 3.8) is 0 Å². The van der Waals surface area contributed by atoms with Crippen LogP contribution in [0.3, 0.4) is 0 Å². The monoisotopic (exact) mass is 440 g/mol. The zero-order valence-electron chi connectivity index (χ0n) is 17.1. The molecule has 0 saturated carbocycles. The number of carbonyl (C=O) groups excluding carboxylic acids is 3. The largest absolute Gasteiger partial charge is 0.493 e. The molecular weight excluding hydrogens is 420 g/mol. The summed E-state index contributed by atoms with van der Waals surface area (Å²) < 4.78 is 11.3. The lowest BCUT2D eigenvalue weighted by Crippen LogP contribution is -2.51. The molecule has 0 spiro atoms. The molecule has 3 aliphatic rings.